The fraction of sp³-hybridized carbons (Fsp3) is 0.222. The van der Waals surface area contributed by atoms with Crippen LogP contribution in [0.2, 0.25) is 0 Å². The Bertz CT molecular complexity index is 775. The van der Waals surface area contributed by atoms with Gasteiger partial charge in [0.25, 0.3) is 5.91 Å². The number of rotatable bonds is 3. The first-order valence-corrected chi connectivity index (χ1v) is 7.75. The van der Waals surface area contributed by atoms with E-state index in [2.05, 4.69) is 15.4 Å². The molecule has 7 heteroatoms. The number of anilines is 2. The second-order valence-electron chi connectivity index (χ2n) is 5.49. The molecule has 0 radical (unpaired) electrons. The normalized spacial score (nSPS) is 18.2. The van der Waals surface area contributed by atoms with Crippen LogP contribution in [0.1, 0.15) is 6.92 Å². The number of hydrogen-bond donors (Lipinski definition) is 2. The van der Waals surface area contributed by atoms with Crippen LogP contribution < -0.4 is 20.1 Å². The molecule has 2 unspecified atom stereocenters. The number of methoxy groups -OCH3 is 1. The molecule has 2 amide bonds. The Morgan fingerprint density at radius 3 is 2.08 bits per heavy atom. The predicted octanol–water partition coefficient (Wildman–Crippen LogP) is 3.03. The highest BCUT2D eigenvalue weighted by molar-refractivity contribution is 5.95. The number of benzene rings is 2. The third-order valence-corrected chi connectivity index (χ3v) is 3.68. The van der Waals surface area contributed by atoms with E-state index in [1.54, 1.807) is 43.3 Å². The summed E-state index contributed by atoms with van der Waals surface area (Å²) in [6.45, 7) is 1.78. The number of fused-ring (bicyclic) bond motifs is 1. The Hall–Kier alpha value is -3.22. The lowest BCUT2D eigenvalue weighted by molar-refractivity contribution is -0.128. The molecule has 0 aliphatic carbocycles. The van der Waals surface area contributed by atoms with E-state index < -0.39 is 18.3 Å². The monoisotopic (exact) mass is 342 g/mol. The van der Waals surface area contributed by atoms with Gasteiger partial charge in [-0.1, -0.05) is 12.1 Å². The largest absolute Gasteiger partial charge is 0.482 e. The van der Waals surface area contributed by atoms with Gasteiger partial charge in [0.15, 0.2) is 11.5 Å². The molecule has 2 atom stereocenters. The quantitative estimate of drug-likeness (QED) is 0.895. The van der Waals surface area contributed by atoms with Crippen molar-refractivity contribution in [3.05, 3.63) is 48.5 Å². The number of nitrogens with one attached hydrogen (secondary N) is 2. The standard InChI is InChI=1S/C18H18N2O5/c1-11-16(25-15-6-4-3-5-14(15)24-11)17(21)19-12-7-9-13(10-8-12)20-18(22)23-2/h3-11,16H,1-2H3,(H,19,21)(H,20,22). The molecule has 0 fully saturated rings. The lowest BCUT2D eigenvalue weighted by Crippen LogP contribution is -2.46. The molecular weight excluding hydrogens is 324 g/mol. The summed E-state index contributed by atoms with van der Waals surface area (Å²) in [7, 11) is 1.29. The minimum absolute atomic E-state index is 0.310. The lowest BCUT2D eigenvalue weighted by Gasteiger charge is -2.31. The molecule has 3 rings (SSSR count). The molecule has 130 valence electrons. The summed E-state index contributed by atoms with van der Waals surface area (Å²) in [6, 6.07) is 13.9. The van der Waals surface area contributed by atoms with Crippen LogP contribution in [0, 0.1) is 0 Å². The lowest BCUT2D eigenvalue weighted by atomic mass is 10.1. The smallest absolute Gasteiger partial charge is 0.411 e. The van der Waals surface area contributed by atoms with Gasteiger partial charge in [-0.25, -0.2) is 4.79 Å². The number of ether oxygens (including phenoxy) is 3. The molecule has 0 aromatic heterocycles. The van der Waals surface area contributed by atoms with Crippen molar-refractivity contribution in [1.29, 1.82) is 0 Å². The van der Waals surface area contributed by atoms with Gasteiger partial charge in [0.2, 0.25) is 6.10 Å². The second-order valence-corrected chi connectivity index (χ2v) is 5.49. The number of hydrogen-bond acceptors (Lipinski definition) is 5. The van der Waals surface area contributed by atoms with E-state index in [4.69, 9.17) is 9.47 Å². The minimum Gasteiger partial charge on any atom is -0.482 e. The van der Waals surface area contributed by atoms with E-state index in [0.29, 0.717) is 22.9 Å². The molecular formula is C18H18N2O5. The first-order valence-electron chi connectivity index (χ1n) is 7.75. The first kappa shape index (κ1) is 16.6. The summed E-state index contributed by atoms with van der Waals surface area (Å²) in [5.41, 5.74) is 1.14. The van der Waals surface area contributed by atoms with Crippen LogP contribution in [0.3, 0.4) is 0 Å². The van der Waals surface area contributed by atoms with E-state index in [0.717, 1.165) is 0 Å². The van der Waals surface area contributed by atoms with Gasteiger partial charge < -0.3 is 19.5 Å². The van der Waals surface area contributed by atoms with Gasteiger partial charge >= 0.3 is 6.09 Å². The third-order valence-electron chi connectivity index (χ3n) is 3.68. The Morgan fingerprint density at radius 1 is 0.920 bits per heavy atom. The zero-order chi connectivity index (χ0) is 17.8. The van der Waals surface area contributed by atoms with Gasteiger partial charge in [0.1, 0.15) is 6.10 Å². The predicted molar refractivity (Wildman–Crippen MR) is 92.0 cm³/mol. The first-order chi connectivity index (χ1) is 12.1. The summed E-state index contributed by atoms with van der Waals surface area (Å²) in [5, 5.41) is 5.31. The van der Waals surface area contributed by atoms with Gasteiger partial charge in [-0.3, -0.25) is 10.1 Å². The van der Waals surface area contributed by atoms with E-state index in [9.17, 15) is 9.59 Å². The molecule has 1 aliphatic heterocycles. The molecule has 1 heterocycles. The maximum atomic E-state index is 12.5. The third kappa shape index (κ3) is 3.82. The average molecular weight is 342 g/mol. The van der Waals surface area contributed by atoms with Crippen molar-refractivity contribution >= 4 is 23.4 Å². The maximum Gasteiger partial charge on any atom is 0.411 e. The average Bonchev–Trinajstić information content (AvgIpc) is 2.62. The number of carbonyl (C=O) groups excluding carboxylic acids is 2. The highest BCUT2D eigenvalue weighted by Crippen LogP contribution is 2.33. The Labute approximate surface area is 144 Å². The molecule has 2 aromatic rings. The van der Waals surface area contributed by atoms with Crippen molar-refractivity contribution in [1.82, 2.24) is 0 Å². The number of para-hydroxylation sites is 2. The van der Waals surface area contributed by atoms with Crippen LogP contribution in [0.15, 0.2) is 48.5 Å². The van der Waals surface area contributed by atoms with Gasteiger partial charge in [-0.05, 0) is 43.3 Å². The molecule has 0 saturated heterocycles. The van der Waals surface area contributed by atoms with Crippen molar-refractivity contribution < 1.29 is 23.8 Å². The molecule has 0 spiro atoms. The summed E-state index contributed by atoms with van der Waals surface area (Å²) in [6.07, 6.45) is -1.74. The van der Waals surface area contributed by atoms with Crippen molar-refractivity contribution in [3.63, 3.8) is 0 Å². The summed E-state index contributed by atoms with van der Waals surface area (Å²) in [5.74, 6) is 0.853. The Morgan fingerprint density at radius 2 is 1.48 bits per heavy atom. The minimum atomic E-state index is -0.761. The SMILES string of the molecule is COC(=O)Nc1ccc(NC(=O)C2Oc3ccccc3OC2C)cc1. The highest BCUT2D eigenvalue weighted by Gasteiger charge is 2.34. The van der Waals surface area contributed by atoms with Crippen LogP contribution in [-0.2, 0) is 9.53 Å². The van der Waals surface area contributed by atoms with Crippen molar-refractivity contribution in [2.45, 2.75) is 19.1 Å². The maximum absolute atomic E-state index is 12.5. The van der Waals surface area contributed by atoms with Crippen LogP contribution >= 0.6 is 0 Å². The molecule has 0 bridgehead atoms. The molecule has 0 saturated carbocycles. The molecule has 1 aliphatic rings. The van der Waals surface area contributed by atoms with Crippen LogP contribution in [-0.4, -0.2) is 31.3 Å². The van der Waals surface area contributed by atoms with Crippen LogP contribution in [0.4, 0.5) is 16.2 Å². The van der Waals surface area contributed by atoms with Crippen molar-refractivity contribution in [3.8, 4) is 11.5 Å². The van der Waals surface area contributed by atoms with Gasteiger partial charge in [-0.15, -0.1) is 0 Å². The molecule has 25 heavy (non-hydrogen) atoms. The molecule has 2 aromatic carbocycles. The molecule has 7 nitrogen and oxygen atoms in total. The Kier molecular flexibility index (Phi) is 4.74. The number of carbonyl (C=O) groups is 2. The van der Waals surface area contributed by atoms with Crippen LogP contribution in [0.5, 0.6) is 11.5 Å². The zero-order valence-electron chi connectivity index (χ0n) is 13.8. The van der Waals surface area contributed by atoms with Gasteiger partial charge in [0, 0.05) is 11.4 Å². The fourth-order valence-corrected chi connectivity index (χ4v) is 2.43. The highest BCUT2D eigenvalue weighted by atomic mass is 16.6. The van der Waals surface area contributed by atoms with E-state index in [1.165, 1.54) is 7.11 Å². The summed E-state index contributed by atoms with van der Waals surface area (Å²) >= 11 is 0. The van der Waals surface area contributed by atoms with Gasteiger partial charge in [-0.2, -0.15) is 0 Å². The summed E-state index contributed by atoms with van der Waals surface area (Å²) in [4.78, 5) is 23.6. The topological polar surface area (TPSA) is 85.9 Å². The van der Waals surface area contributed by atoms with Crippen molar-refractivity contribution in [2.24, 2.45) is 0 Å². The van der Waals surface area contributed by atoms with E-state index in [-0.39, 0.29) is 5.91 Å². The van der Waals surface area contributed by atoms with E-state index >= 15 is 0 Å². The fourth-order valence-electron chi connectivity index (χ4n) is 2.43. The Balaban J connectivity index is 1.65. The van der Waals surface area contributed by atoms with Crippen molar-refractivity contribution in [2.75, 3.05) is 17.7 Å². The summed E-state index contributed by atoms with van der Waals surface area (Å²) < 4.78 is 16.0. The van der Waals surface area contributed by atoms with Crippen LogP contribution in [0.25, 0.3) is 0 Å². The second kappa shape index (κ2) is 7.12. The van der Waals surface area contributed by atoms with Gasteiger partial charge in [0.05, 0.1) is 7.11 Å². The van der Waals surface area contributed by atoms with E-state index in [1.807, 2.05) is 12.1 Å². The number of amides is 2. The molecule has 2 N–H and O–H groups in total. The zero-order valence-corrected chi connectivity index (χ0v) is 13.8.